The molecule has 0 saturated carbocycles. The summed E-state index contributed by atoms with van der Waals surface area (Å²) in [5, 5.41) is 6.25. The predicted octanol–water partition coefficient (Wildman–Crippen LogP) is 4.06. The smallest absolute Gasteiger partial charge is 0.434 e. The highest BCUT2D eigenvalue weighted by Crippen LogP contribution is 2.34. The first-order valence-corrected chi connectivity index (χ1v) is 9.06. The standard InChI is InChI=1S/C20H18F3N3O5/c1-3-30-19(28)15-10-24-26(17(15)20(21,22)23)13-6-4-5-12(9-13)25-18(27)16-8-7-14(31-16)11-29-2/h4-10H,3,11H2,1-2H3,(H,25,27). The van der Waals surface area contributed by atoms with Crippen molar-refractivity contribution in [1.82, 2.24) is 9.78 Å². The number of anilines is 1. The third kappa shape index (κ3) is 4.94. The number of carbonyl (C=O) groups is 2. The lowest BCUT2D eigenvalue weighted by atomic mass is 10.2. The molecule has 0 aliphatic carbocycles. The highest BCUT2D eigenvalue weighted by Gasteiger charge is 2.41. The van der Waals surface area contributed by atoms with E-state index in [9.17, 15) is 22.8 Å². The number of halogens is 3. The van der Waals surface area contributed by atoms with Crippen molar-refractivity contribution in [2.75, 3.05) is 19.0 Å². The monoisotopic (exact) mass is 437 g/mol. The number of amides is 1. The molecular weight excluding hydrogens is 419 g/mol. The van der Waals surface area contributed by atoms with Crippen LogP contribution >= 0.6 is 0 Å². The van der Waals surface area contributed by atoms with Gasteiger partial charge < -0.3 is 19.2 Å². The van der Waals surface area contributed by atoms with Gasteiger partial charge in [-0.05, 0) is 37.3 Å². The van der Waals surface area contributed by atoms with Crippen LogP contribution in [0.4, 0.5) is 18.9 Å². The third-order valence-corrected chi connectivity index (χ3v) is 4.05. The molecular formula is C20H18F3N3O5. The number of hydrogen-bond acceptors (Lipinski definition) is 6. The Morgan fingerprint density at radius 2 is 2.00 bits per heavy atom. The highest BCUT2D eigenvalue weighted by atomic mass is 19.4. The van der Waals surface area contributed by atoms with Gasteiger partial charge in [0.15, 0.2) is 11.5 Å². The van der Waals surface area contributed by atoms with Gasteiger partial charge in [-0.15, -0.1) is 0 Å². The van der Waals surface area contributed by atoms with Crippen LogP contribution in [0.2, 0.25) is 0 Å². The molecule has 0 atom stereocenters. The van der Waals surface area contributed by atoms with Crippen molar-refractivity contribution < 1.29 is 36.7 Å². The summed E-state index contributed by atoms with van der Waals surface area (Å²) in [6.07, 6.45) is -4.07. The number of methoxy groups -OCH3 is 1. The van der Waals surface area contributed by atoms with E-state index >= 15 is 0 Å². The fourth-order valence-corrected chi connectivity index (χ4v) is 2.80. The molecule has 11 heteroatoms. The average molecular weight is 437 g/mol. The lowest BCUT2D eigenvalue weighted by Gasteiger charge is -2.13. The van der Waals surface area contributed by atoms with E-state index in [1.54, 1.807) is 6.07 Å². The maximum atomic E-state index is 13.7. The molecule has 1 N–H and O–H groups in total. The van der Waals surface area contributed by atoms with E-state index in [4.69, 9.17) is 9.15 Å². The van der Waals surface area contributed by atoms with E-state index in [0.717, 1.165) is 6.20 Å². The molecule has 3 aromatic rings. The minimum atomic E-state index is -4.87. The SMILES string of the molecule is CCOC(=O)c1cnn(-c2cccc(NC(=O)c3ccc(COC)o3)c2)c1C(F)(F)F. The Bertz CT molecular complexity index is 1090. The molecule has 0 saturated heterocycles. The molecule has 8 nitrogen and oxygen atoms in total. The summed E-state index contributed by atoms with van der Waals surface area (Å²) in [7, 11) is 1.48. The maximum Gasteiger partial charge on any atom is 0.434 e. The zero-order valence-electron chi connectivity index (χ0n) is 16.5. The second-order valence-electron chi connectivity index (χ2n) is 6.24. The molecule has 0 unspecified atom stereocenters. The van der Waals surface area contributed by atoms with Crippen molar-refractivity contribution in [1.29, 1.82) is 0 Å². The maximum absolute atomic E-state index is 13.7. The highest BCUT2D eigenvalue weighted by molar-refractivity contribution is 6.02. The second kappa shape index (κ2) is 9.04. The summed E-state index contributed by atoms with van der Waals surface area (Å²) in [4.78, 5) is 24.3. The molecule has 0 aliphatic heterocycles. The summed E-state index contributed by atoms with van der Waals surface area (Å²) in [6, 6.07) is 8.60. The molecule has 1 aromatic carbocycles. The van der Waals surface area contributed by atoms with Crippen LogP contribution in [0.1, 0.15) is 39.3 Å². The zero-order chi connectivity index (χ0) is 22.6. The number of furan rings is 1. The minimum absolute atomic E-state index is 0.0112. The van der Waals surface area contributed by atoms with E-state index in [2.05, 4.69) is 15.2 Å². The number of aromatic nitrogens is 2. The molecule has 0 radical (unpaired) electrons. The molecule has 31 heavy (non-hydrogen) atoms. The molecule has 1 amide bonds. The molecule has 2 aromatic heterocycles. The first-order valence-electron chi connectivity index (χ1n) is 9.06. The van der Waals surface area contributed by atoms with Crippen LogP contribution in [0.5, 0.6) is 0 Å². The number of ether oxygens (including phenoxy) is 2. The van der Waals surface area contributed by atoms with Crippen LogP contribution < -0.4 is 5.32 Å². The quantitative estimate of drug-likeness (QED) is 0.560. The molecule has 0 aliphatic rings. The van der Waals surface area contributed by atoms with Crippen molar-refractivity contribution in [3.63, 3.8) is 0 Å². The first-order chi connectivity index (χ1) is 14.7. The Morgan fingerprint density at radius 1 is 1.23 bits per heavy atom. The predicted molar refractivity (Wildman–Crippen MR) is 102 cm³/mol. The van der Waals surface area contributed by atoms with Crippen LogP contribution in [0.25, 0.3) is 5.69 Å². The average Bonchev–Trinajstić information content (AvgIpc) is 3.36. The fraction of sp³-hybridized carbons (Fsp3) is 0.250. The molecule has 3 rings (SSSR count). The Balaban J connectivity index is 1.90. The molecule has 0 fully saturated rings. The van der Waals surface area contributed by atoms with Crippen molar-refractivity contribution in [2.24, 2.45) is 0 Å². The summed E-state index contributed by atoms with van der Waals surface area (Å²) >= 11 is 0. The minimum Gasteiger partial charge on any atom is -0.462 e. The van der Waals surface area contributed by atoms with Gasteiger partial charge >= 0.3 is 12.1 Å². The van der Waals surface area contributed by atoms with Gasteiger partial charge in [0.2, 0.25) is 0 Å². The number of nitrogens with one attached hydrogen (secondary N) is 1. The number of nitrogens with zero attached hydrogens (tertiary/aromatic N) is 2. The largest absolute Gasteiger partial charge is 0.462 e. The lowest BCUT2D eigenvalue weighted by molar-refractivity contribution is -0.143. The number of rotatable bonds is 7. The molecule has 2 heterocycles. The third-order valence-electron chi connectivity index (χ3n) is 4.05. The van der Waals surface area contributed by atoms with Gasteiger partial charge in [0.05, 0.1) is 18.5 Å². The van der Waals surface area contributed by atoms with E-state index in [0.29, 0.717) is 10.4 Å². The van der Waals surface area contributed by atoms with Crippen molar-refractivity contribution in [2.45, 2.75) is 19.7 Å². The topological polar surface area (TPSA) is 95.6 Å². The number of esters is 1. The Hall–Kier alpha value is -3.60. The Morgan fingerprint density at radius 3 is 2.68 bits per heavy atom. The van der Waals surface area contributed by atoms with Gasteiger partial charge in [-0.2, -0.15) is 18.3 Å². The summed E-state index contributed by atoms with van der Waals surface area (Å²) < 4.78 is 56.5. The van der Waals surface area contributed by atoms with E-state index in [1.165, 1.54) is 44.4 Å². The molecule has 164 valence electrons. The first kappa shape index (κ1) is 22.1. The van der Waals surface area contributed by atoms with E-state index < -0.39 is 29.3 Å². The Kier molecular flexibility index (Phi) is 6.44. The van der Waals surface area contributed by atoms with Gasteiger partial charge in [-0.3, -0.25) is 4.79 Å². The van der Waals surface area contributed by atoms with Gasteiger partial charge in [0.25, 0.3) is 5.91 Å². The second-order valence-corrected chi connectivity index (χ2v) is 6.24. The summed E-state index contributed by atoms with van der Waals surface area (Å²) in [6.45, 7) is 1.59. The number of carbonyl (C=O) groups excluding carboxylic acids is 2. The Labute approximate surface area is 174 Å². The zero-order valence-corrected chi connectivity index (χ0v) is 16.5. The van der Waals surface area contributed by atoms with Gasteiger partial charge in [-0.1, -0.05) is 6.07 Å². The van der Waals surface area contributed by atoms with Gasteiger partial charge in [0.1, 0.15) is 17.9 Å². The summed E-state index contributed by atoms with van der Waals surface area (Å²) in [5.74, 6) is -1.27. The van der Waals surface area contributed by atoms with E-state index in [1.807, 2.05) is 0 Å². The van der Waals surface area contributed by atoms with Crippen molar-refractivity contribution in [3.8, 4) is 5.69 Å². The lowest BCUT2D eigenvalue weighted by Crippen LogP contribution is -2.18. The van der Waals surface area contributed by atoms with Crippen LogP contribution in [-0.4, -0.2) is 35.4 Å². The number of hydrogen-bond donors (Lipinski definition) is 1. The van der Waals surface area contributed by atoms with Crippen LogP contribution in [0.3, 0.4) is 0 Å². The van der Waals surface area contributed by atoms with E-state index in [-0.39, 0.29) is 30.3 Å². The molecule has 0 bridgehead atoms. The number of benzene rings is 1. The van der Waals surface area contributed by atoms with Gasteiger partial charge in [-0.25, -0.2) is 9.48 Å². The van der Waals surface area contributed by atoms with Crippen molar-refractivity contribution in [3.05, 3.63) is 65.4 Å². The van der Waals surface area contributed by atoms with Crippen LogP contribution in [0, 0.1) is 0 Å². The summed E-state index contributed by atoms with van der Waals surface area (Å²) in [5.41, 5.74) is -1.79. The fourth-order valence-electron chi connectivity index (χ4n) is 2.80. The molecule has 0 spiro atoms. The normalized spacial score (nSPS) is 11.4. The van der Waals surface area contributed by atoms with Gasteiger partial charge in [0, 0.05) is 12.8 Å². The van der Waals surface area contributed by atoms with Crippen LogP contribution in [0.15, 0.2) is 47.0 Å². The van der Waals surface area contributed by atoms with Crippen LogP contribution in [-0.2, 0) is 22.3 Å². The number of alkyl halides is 3. The van der Waals surface area contributed by atoms with Crippen molar-refractivity contribution >= 4 is 17.6 Å².